The molecule has 142 valence electrons. The Balaban J connectivity index is -0.0000000444. The fourth-order valence-corrected chi connectivity index (χ4v) is 0. The van der Waals surface area contributed by atoms with Gasteiger partial charge in [0.15, 0.2) is 0 Å². The van der Waals surface area contributed by atoms with E-state index in [1.54, 1.807) is 26.4 Å². The summed E-state index contributed by atoms with van der Waals surface area (Å²) in [6.45, 7) is 19.6. The van der Waals surface area contributed by atoms with Crippen LogP contribution >= 0.6 is 0 Å². The van der Waals surface area contributed by atoms with Gasteiger partial charge in [-0.15, -0.1) is 0 Å². The summed E-state index contributed by atoms with van der Waals surface area (Å²) >= 11 is 0.750. The van der Waals surface area contributed by atoms with Gasteiger partial charge in [0.1, 0.15) is 0 Å². The molecule has 0 saturated heterocycles. The van der Waals surface area contributed by atoms with Crippen molar-refractivity contribution in [3.8, 4) is 0 Å². The molecule has 0 unspecified atom stereocenters. The van der Waals surface area contributed by atoms with Crippen LogP contribution in [0.15, 0.2) is 49.6 Å². The van der Waals surface area contributed by atoms with Gasteiger partial charge in [0.2, 0.25) is 0 Å². The first-order chi connectivity index (χ1) is 11.5. The molecule has 0 aromatic carbocycles. The van der Waals surface area contributed by atoms with Crippen LogP contribution in [-0.2, 0) is 42.9 Å². The van der Waals surface area contributed by atoms with Gasteiger partial charge in [0.05, 0.1) is 0 Å². The summed E-state index contributed by atoms with van der Waals surface area (Å²) in [5.41, 5.74) is 0.898. The van der Waals surface area contributed by atoms with E-state index in [1.165, 1.54) is 0 Å². The fourth-order valence-electron chi connectivity index (χ4n) is 0. The summed E-state index contributed by atoms with van der Waals surface area (Å²) in [6, 6.07) is 0. The van der Waals surface area contributed by atoms with Gasteiger partial charge in [-0.1, -0.05) is 27.0 Å². The zero-order chi connectivity index (χ0) is 21.8. The summed E-state index contributed by atoms with van der Waals surface area (Å²) < 4.78 is 8.25. The molecule has 7 nitrogen and oxygen atoms in total. The maximum absolute atomic E-state index is 9.28. The van der Waals surface area contributed by atoms with Crippen molar-refractivity contribution in [2.45, 2.75) is 27.7 Å². The molecule has 25 heavy (non-hydrogen) atoms. The predicted octanol–water partition coefficient (Wildman–Crippen LogP) is 2.97. The molecule has 0 aliphatic rings. The first kappa shape index (κ1) is 38.4. The number of hydrogen-bond donors (Lipinski definition) is 2. The summed E-state index contributed by atoms with van der Waals surface area (Å²) in [5, 5.41) is 15.2. The standard InChI is InChI=1S/2C4H5O.2C3H4O2.C3H7.O.Ti/c2*1-4(2)3-5;2*1-2-3(4)5;1-3-2;;/h2*1H2,2H3;2*2H,1H2,(H,4,5);3H,1-2H3;;/q2*-1;;;-1;;. The Morgan fingerprint density at radius 3 is 0.960 bits per heavy atom. The van der Waals surface area contributed by atoms with Crippen molar-refractivity contribution in [3.63, 3.8) is 0 Å². The van der Waals surface area contributed by atoms with Crippen LogP contribution < -0.4 is 0 Å². The van der Waals surface area contributed by atoms with Crippen LogP contribution in [0.2, 0.25) is 0 Å². The van der Waals surface area contributed by atoms with Crippen LogP contribution in [0.1, 0.15) is 27.7 Å². The Morgan fingerprint density at radius 1 is 0.880 bits per heavy atom. The van der Waals surface area contributed by atoms with E-state index in [0.717, 1.165) is 32.6 Å². The monoisotopic (exact) mass is 389 g/mol. The second-order valence-electron chi connectivity index (χ2n) is 3.43. The van der Waals surface area contributed by atoms with E-state index in [4.69, 9.17) is 13.5 Å². The Bertz CT molecular complexity index is 330. The van der Waals surface area contributed by atoms with Crippen LogP contribution in [0.25, 0.3) is 0 Å². The molecule has 0 saturated carbocycles. The van der Waals surface area contributed by atoms with Crippen LogP contribution in [0.5, 0.6) is 0 Å². The Hall–Kier alpha value is -2.25. The van der Waals surface area contributed by atoms with Crippen LogP contribution in [-0.4, -0.2) is 34.7 Å². The van der Waals surface area contributed by atoms with Gasteiger partial charge in [-0.25, -0.2) is 22.7 Å². The zero-order valence-corrected chi connectivity index (χ0v) is 16.6. The molecule has 0 atom stereocenters. The van der Waals surface area contributed by atoms with Crippen molar-refractivity contribution in [2.75, 3.05) is 0 Å². The number of rotatable bonds is 4. The van der Waals surface area contributed by atoms with E-state index < -0.39 is 11.9 Å². The second kappa shape index (κ2) is 43.0. The molecule has 0 spiro atoms. The SMILES string of the molecule is C=C(C)[C-]=O.C=C(C)[C-]=O.C=CC(=O)O.C=CC(=O)O.C[CH-]C.[O]=[Ti]. The van der Waals surface area contributed by atoms with Crippen molar-refractivity contribution >= 4 is 24.5 Å². The molecule has 0 bridgehead atoms. The molecule has 0 aromatic heterocycles. The van der Waals surface area contributed by atoms with Gasteiger partial charge >= 0.3 is 35.7 Å². The molecule has 0 aliphatic heterocycles. The molecular weight excluding hydrogens is 364 g/mol. The number of carboxylic acids is 2. The topological polar surface area (TPSA) is 126 Å². The third-order valence-corrected chi connectivity index (χ3v) is 0.698. The number of carbonyl (C=O) groups is 2. The number of allylic oxidation sites excluding steroid dienone is 2. The first-order valence-corrected chi connectivity index (χ1v) is 6.86. The van der Waals surface area contributed by atoms with Crippen molar-refractivity contribution < 1.29 is 53.1 Å². The van der Waals surface area contributed by atoms with Gasteiger partial charge < -0.3 is 26.2 Å². The molecule has 0 aromatic rings. The van der Waals surface area contributed by atoms with Gasteiger partial charge in [0, 0.05) is 12.2 Å². The number of hydrogen-bond acceptors (Lipinski definition) is 5. The fraction of sp³-hybridized carbons (Fsp3) is 0.235. The van der Waals surface area contributed by atoms with E-state index in [1.807, 2.05) is 20.3 Å². The van der Waals surface area contributed by atoms with Gasteiger partial charge in [0.25, 0.3) is 0 Å². The van der Waals surface area contributed by atoms with E-state index in [0.29, 0.717) is 11.1 Å². The van der Waals surface area contributed by atoms with Crippen molar-refractivity contribution in [1.29, 1.82) is 0 Å². The summed E-state index contributed by atoms with van der Waals surface area (Å²) in [4.78, 5) is 37.1. The minimum absolute atomic E-state index is 0.449. The Kier molecular flexibility index (Phi) is 66.1. The molecule has 0 rings (SSSR count). The molecule has 2 N–H and O–H groups in total. The average molecular weight is 389 g/mol. The number of carboxylic acid groups (broad SMARTS) is 2. The maximum atomic E-state index is 9.28. The first-order valence-electron chi connectivity index (χ1n) is 6.22. The normalized spacial score (nSPS) is 6.04. The van der Waals surface area contributed by atoms with Crippen molar-refractivity contribution in [3.05, 3.63) is 56.0 Å². The van der Waals surface area contributed by atoms with Crippen molar-refractivity contribution in [1.82, 2.24) is 0 Å². The third kappa shape index (κ3) is 256. The van der Waals surface area contributed by atoms with E-state index in [-0.39, 0.29) is 0 Å². The van der Waals surface area contributed by atoms with Crippen molar-refractivity contribution in [2.24, 2.45) is 0 Å². The molecule has 0 radical (unpaired) electrons. The minimum atomic E-state index is -0.981. The Labute approximate surface area is 161 Å². The van der Waals surface area contributed by atoms with E-state index in [2.05, 4.69) is 26.3 Å². The summed E-state index contributed by atoms with van der Waals surface area (Å²) in [5.74, 6) is -1.96. The summed E-state index contributed by atoms with van der Waals surface area (Å²) in [7, 11) is 0. The van der Waals surface area contributed by atoms with Gasteiger partial charge in [-0.05, 0) is 12.6 Å². The molecule has 0 fully saturated rings. The zero-order valence-electron chi connectivity index (χ0n) is 15.0. The van der Waals surface area contributed by atoms with E-state index >= 15 is 0 Å². The van der Waals surface area contributed by atoms with Crippen LogP contribution in [0, 0.1) is 6.42 Å². The molecule has 0 amide bonds. The molecule has 8 heteroatoms. The summed E-state index contributed by atoms with van der Waals surface area (Å²) in [6.07, 6.45) is 6.83. The van der Waals surface area contributed by atoms with Crippen LogP contribution in [0.4, 0.5) is 0 Å². The molecular formula is C17H25O7Ti-3. The molecule has 0 aliphatic carbocycles. The van der Waals surface area contributed by atoms with E-state index in [9.17, 15) is 19.2 Å². The molecule has 0 heterocycles. The van der Waals surface area contributed by atoms with Crippen LogP contribution in [0.3, 0.4) is 0 Å². The second-order valence-corrected chi connectivity index (χ2v) is 3.43. The average Bonchev–Trinajstić information content (AvgIpc) is 2.58. The number of aliphatic carboxylic acids is 2. The number of carbonyl (C=O) groups excluding carboxylic acids is 2. The van der Waals surface area contributed by atoms with Gasteiger partial charge in [-0.2, -0.15) is 25.0 Å². The third-order valence-electron chi connectivity index (χ3n) is 0.698. The van der Waals surface area contributed by atoms with Gasteiger partial charge in [-0.3, -0.25) is 0 Å². The Morgan fingerprint density at radius 2 is 0.960 bits per heavy atom. The quantitative estimate of drug-likeness (QED) is 0.430. The predicted molar refractivity (Wildman–Crippen MR) is 93.0 cm³/mol.